The van der Waals surface area contributed by atoms with Gasteiger partial charge in [-0.05, 0) is 57.7 Å². The molecule has 7 heteroatoms. The van der Waals surface area contributed by atoms with E-state index < -0.39 is 5.60 Å². The number of benzene rings is 1. The molecule has 182 valence electrons. The second-order valence-electron chi connectivity index (χ2n) is 11.5. The molecule has 4 aliphatic rings. The Morgan fingerprint density at radius 2 is 2.00 bits per heavy atom. The molecule has 2 N–H and O–H groups in total. The number of hydrogen-bond acceptors (Lipinski definition) is 5. The van der Waals surface area contributed by atoms with E-state index in [1.54, 1.807) is 0 Å². The van der Waals surface area contributed by atoms with Crippen LogP contribution in [-0.4, -0.2) is 50.9 Å². The van der Waals surface area contributed by atoms with Gasteiger partial charge in [-0.1, -0.05) is 19.1 Å². The van der Waals surface area contributed by atoms with E-state index in [-0.39, 0.29) is 24.1 Å². The maximum atomic E-state index is 12.9. The highest BCUT2D eigenvalue weighted by Crippen LogP contribution is 2.52. The summed E-state index contributed by atoms with van der Waals surface area (Å²) < 4.78 is 8.88. The number of ether oxygens (including phenoxy) is 1. The number of fused-ring (bicyclic) bond motifs is 4. The van der Waals surface area contributed by atoms with Crippen LogP contribution in [0.3, 0.4) is 0 Å². The number of aliphatic hydroxyl groups excluding tert-OH is 1. The van der Waals surface area contributed by atoms with Crippen molar-refractivity contribution in [3.05, 3.63) is 35.5 Å². The summed E-state index contributed by atoms with van der Waals surface area (Å²) in [6.07, 6.45) is 4.39. The molecule has 4 heterocycles. The number of nitrogens with zero attached hydrogens (tertiary/aromatic N) is 3. The Bertz CT molecular complexity index is 1120. The third-order valence-corrected chi connectivity index (χ3v) is 8.54. The van der Waals surface area contributed by atoms with Crippen LogP contribution in [0.4, 0.5) is 0 Å². The number of likely N-dealkylation sites (tertiary alicyclic amines) is 1. The predicted octanol–water partition coefficient (Wildman–Crippen LogP) is 3.61. The Kier molecular flexibility index (Phi) is 5.08. The molecule has 1 spiro atoms. The lowest BCUT2D eigenvalue weighted by Crippen LogP contribution is -2.50. The van der Waals surface area contributed by atoms with Crippen molar-refractivity contribution in [1.82, 2.24) is 20.0 Å². The van der Waals surface area contributed by atoms with Crippen LogP contribution >= 0.6 is 0 Å². The van der Waals surface area contributed by atoms with Gasteiger partial charge in [0.2, 0.25) is 5.91 Å². The molecule has 6 rings (SSSR count). The number of amides is 1. The standard InChI is InChI=1S/C27H36N4O3/c1-17-14-20(17)25(33)30-12-9-27(10-13-30)23-21(16-32)31(18-8-11-28-26(2,3)15-18)29-24(23)19-6-4-5-7-22(19)34-27/h4-7,17-18,20,28,32H,8-16H2,1-3H3/t17-,18+,20-/m0/s1. The number of nitrogens with one attached hydrogen (secondary N) is 1. The summed E-state index contributed by atoms with van der Waals surface area (Å²) in [5.74, 6) is 1.87. The van der Waals surface area contributed by atoms with Gasteiger partial charge in [-0.25, -0.2) is 0 Å². The number of aliphatic hydroxyl groups is 1. The highest BCUT2D eigenvalue weighted by molar-refractivity contribution is 5.82. The van der Waals surface area contributed by atoms with Gasteiger partial charge in [-0.15, -0.1) is 0 Å². The average Bonchev–Trinajstić information content (AvgIpc) is 3.41. The minimum Gasteiger partial charge on any atom is -0.482 e. The van der Waals surface area contributed by atoms with Crippen molar-refractivity contribution in [3.63, 3.8) is 0 Å². The first-order valence-electron chi connectivity index (χ1n) is 12.9. The van der Waals surface area contributed by atoms with Crippen LogP contribution in [0.25, 0.3) is 11.3 Å². The Labute approximate surface area is 201 Å². The second kappa shape index (κ2) is 7.82. The van der Waals surface area contributed by atoms with Crippen molar-refractivity contribution in [3.8, 4) is 17.0 Å². The summed E-state index contributed by atoms with van der Waals surface area (Å²) in [4.78, 5) is 14.9. The van der Waals surface area contributed by atoms with Gasteiger partial charge in [-0.2, -0.15) is 5.10 Å². The number of rotatable bonds is 3. The molecule has 1 aromatic heterocycles. The lowest BCUT2D eigenvalue weighted by molar-refractivity contribution is -0.136. The summed E-state index contributed by atoms with van der Waals surface area (Å²) >= 11 is 0. The third kappa shape index (κ3) is 3.47. The first-order valence-corrected chi connectivity index (χ1v) is 12.9. The molecule has 34 heavy (non-hydrogen) atoms. The summed E-state index contributed by atoms with van der Waals surface area (Å²) in [5.41, 5.74) is 3.32. The van der Waals surface area contributed by atoms with Crippen molar-refractivity contribution < 1.29 is 14.6 Å². The van der Waals surface area contributed by atoms with E-state index in [9.17, 15) is 9.90 Å². The van der Waals surface area contributed by atoms with E-state index in [1.807, 2.05) is 23.1 Å². The first kappa shape index (κ1) is 22.1. The van der Waals surface area contributed by atoms with Crippen LogP contribution in [0, 0.1) is 11.8 Å². The van der Waals surface area contributed by atoms with Crippen LogP contribution in [0.5, 0.6) is 5.75 Å². The number of para-hydroxylation sites is 1. The van der Waals surface area contributed by atoms with Crippen molar-refractivity contribution in [2.75, 3.05) is 19.6 Å². The van der Waals surface area contributed by atoms with E-state index in [2.05, 4.69) is 36.8 Å². The molecule has 0 bridgehead atoms. The molecular formula is C27H36N4O3. The van der Waals surface area contributed by atoms with E-state index >= 15 is 0 Å². The van der Waals surface area contributed by atoms with E-state index in [4.69, 9.17) is 9.84 Å². The largest absolute Gasteiger partial charge is 0.482 e. The zero-order valence-electron chi connectivity index (χ0n) is 20.5. The smallest absolute Gasteiger partial charge is 0.225 e. The van der Waals surface area contributed by atoms with Crippen molar-refractivity contribution in [2.24, 2.45) is 11.8 Å². The molecule has 7 nitrogen and oxygen atoms in total. The van der Waals surface area contributed by atoms with Gasteiger partial charge in [0.1, 0.15) is 17.0 Å². The first-order chi connectivity index (χ1) is 16.3. The normalized spacial score (nSPS) is 28.7. The molecule has 0 radical (unpaired) electrons. The minimum absolute atomic E-state index is 0.0276. The molecule has 2 saturated heterocycles. The van der Waals surface area contributed by atoms with Crippen molar-refractivity contribution in [2.45, 2.75) is 76.7 Å². The molecule has 1 amide bonds. The van der Waals surface area contributed by atoms with Crippen molar-refractivity contribution in [1.29, 1.82) is 0 Å². The quantitative estimate of drug-likeness (QED) is 0.726. The monoisotopic (exact) mass is 464 g/mol. The summed E-state index contributed by atoms with van der Waals surface area (Å²) in [6, 6.07) is 8.34. The number of carbonyl (C=O) groups excluding carboxylic acids is 1. The molecule has 1 saturated carbocycles. The fourth-order valence-electron chi connectivity index (χ4n) is 6.49. The highest BCUT2D eigenvalue weighted by atomic mass is 16.5. The second-order valence-corrected chi connectivity index (χ2v) is 11.5. The van der Waals surface area contributed by atoms with Gasteiger partial charge in [0.05, 0.1) is 18.3 Å². The number of hydrogen-bond donors (Lipinski definition) is 2. The van der Waals surface area contributed by atoms with Gasteiger partial charge in [0.15, 0.2) is 0 Å². The Morgan fingerprint density at radius 3 is 2.68 bits per heavy atom. The van der Waals surface area contributed by atoms with Crippen LogP contribution in [-0.2, 0) is 17.0 Å². The zero-order chi connectivity index (χ0) is 23.7. The third-order valence-electron chi connectivity index (χ3n) is 8.54. The van der Waals surface area contributed by atoms with Gasteiger partial charge < -0.3 is 20.1 Å². The number of aromatic nitrogens is 2. The lowest BCUT2D eigenvalue weighted by atomic mass is 9.79. The van der Waals surface area contributed by atoms with E-state index in [0.717, 1.165) is 66.9 Å². The maximum absolute atomic E-state index is 12.9. The number of piperidine rings is 2. The fourth-order valence-corrected chi connectivity index (χ4v) is 6.49. The Morgan fingerprint density at radius 1 is 1.26 bits per heavy atom. The van der Waals surface area contributed by atoms with Crippen LogP contribution in [0.2, 0.25) is 0 Å². The van der Waals surface area contributed by atoms with Crippen LogP contribution in [0.15, 0.2) is 24.3 Å². The molecule has 1 aromatic carbocycles. The number of carbonyl (C=O) groups is 1. The molecule has 2 aromatic rings. The van der Waals surface area contributed by atoms with Gasteiger partial charge >= 0.3 is 0 Å². The molecule has 3 aliphatic heterocycles. The SMILES string of the molecule is C[C@H]1C[C@@H]1C(=O)N1CCC2(CC1)Oc1ccccc1-c1nn([C@@H]3CCNC(C)(C)C3)c(CO)c12. The predicted molar refractivity (Wildman–Crippen MR) is 129 cm³/mol. The molecule has 3 fully saturated rings. The molecule has 3 atom stereocenters. The summed E-state index contributed by atoms with van der Waals surface area (Å²) in [7, 11) is 0. The van der Waals surface area contributed by atoms with Gasteiger partial charge in [-0.3, -0.25) is 9.48 Å². The van der Waals surface area contributed by atoms with Gasteiger partial charge in [0.25, 0.3) is 0 Å². The van der Waals surface area contributed by atoms with E-state index in [1.165, 1.54) is 0 Å². The summed E-state index contributed by atoms with van der Waals surface area (Å²) in [5, 5.41) is 19.4. The topological polar surface area (TPSA) is 79.6 Å². The minimum atomic E-state index is -0.561. The van der Waals surface area contributed by atoms with Crippen LogP contribution in [0.1, 0.15) is 70.2 Å². The highest BCUT2D eigenvalue weighted by Gasteiger charge is 2.50. The Balaban J connectivity index is 1.40. The zero-order valence-corrected chi connectivity index (χ0v) is 20.5. The van der Waals surface area contributed by atoms with Crippen LogP contribution < -0.4 is 10.1 Å². The molecule has 0 unspecified atom stereocenters. The summed E-state index contributed by atoms with van der Waals surface area (Å²) in [6.45, 7) is 8.85. The lowest BCUT2D eigenvalue weighted by Gasteiger charge is -2.44. The molecular weight excluding hydrogens is 428 g/mol. The Hall–Kier alpha value is -2.38. The average molecular weight is 465 g/mol. The maximum Gasteiger partial charge on any atom is 0.225 e. The van der Waals surface area contributed by atoms with Gasteiger partial charge in [0, 0.05) is 48.5 Å². The molecule has 1 aliphatic carbocycles. The van der Waals surface area contributed by atoms with Crippen molar-refractivity contribution >= 4 is 5.91 Å². The fraction of sp³-hybridized carbons (Fsp3) is 0.630. The van der Waals surface area contributed by atoms with E-state index in [0.29, 0.717) is 24.9 Å².